The van der Waals surface area contributed by atoms with Gasteiger partial charge in [-0.2, -0.15) is 5.11 Å². The van der Waals surface area contributed by atoms with Gasteiger partial charge in [0.25, 0.3) is 0 Å². The summed E-state index contributed by atoms with van der Waals surface area (Å²) in [7, 11) is 0. The molecule has 0 aromatic heterocycles. The van der Waals surface area contributed by atoms with Crippen molar-refractivity contribution >= 4 is 5.96 Å². The summed E-state index contributed by atoms with van der Waals surface area (Å²) in [5, 5.41) is 7.38. The number of hydrogen-bond donors (Lipinski definition) is 1. The van der Waals surface area contributed by atoms with Gasteiger partial charge in [-0.15, -0.1) is 5.11 Å². The first-order valence-electron chi connectivity index (χ1n) is 2.70. The minimum absolute atomic E-state index is 0.0924. The van der Waals surface area contributed by atoms with Gasteiger partial charge in [0.15, 0.2) is 0 Å². The summed E-state index contributed by atoms with van der Waals surface area (Å²) in [5.74, 6) is 0.218. The molecule has 0 radical (unpaired) electrons. The van der Waals surface area contributed by atoms with E-state index in [1.54, 1.807) is 6.20 Å². The lowest BCUT2D eigenvalue weighted by atomic mass is 10.4. The lowest BCUT2D eigenvalue weighted by molar-refractivity contribution is 0.863. The highest BCUT2D eigenvalue weighted by molar-refractivity contribution is 5.78. The van der Waals surface area contributed by atoms with Crippen LogP contribution in [0.1, 0.15) is 6.92 Å². The van der Waals surface area contributed by atoms with Crippen LogP contribution in [0.4, 0.5) is 0 Å². The SMILES string of the molecule is CC1C=CN=C(N)N=N1. The van der Waals surface area contributed by atoms with E-state index in [1.807, 2.05) is 13.0 Å². The Hall–Kier alpha value is -1.19. The average Bonchev–Trinajstić information content (AvgIpc) is 1.97. The third-order valence-corrected chi connectivity index (χ3v) is 0.914. The summed E-state index contributed by atoms with van der Waals surface area (Å²) in [6.45, 7) is 1.91. The van der Waals surface area contributed by atoms with Crippen molar-refractivity contribution in [2.45, 2.75) is 13.0 Å². The van der Waals surface area contributed by atoms with Crippen molar-refractivity contribution in [1.82, 2.24) is 0 Å². The van der Waals surface area contributed by atoms with Gasteiger partial charge >= 0.3 is 0 Å². The van der Waals surface area contributed by atoms with Crippen LogP contribution < -0.4 is 5.73 Å². The molecule has 0 aliphatic carbocycles. The molecule has 1 atom stereocenters. The van der Waals surface area contributed by atoms with Crippen molar-refractivity contribution in [3.63, 3.8) is 0 Å². The first-order valence-corrected chi connectivity index (χ1v) is 2.70. The molecule has 1 aliphatic rings. The second-order valence-corrected chi connectivity index (χ2v) is 1.78. The topological polar surface area (TPSA) is 63.1 Å². The average molecular weight is 124 g/mol. The molecule has 2 N–H and O–H groups in total. The fourth-order valence-electron chi connectivity index (χ4n) is 0.458. The molecule has 0 saturated carbocycles. The largest absolute Gasteiger partial charge is 0.367 e. The molecule has 0 amide bonds. The van der Waals surface area contributed by atoms with E-state index in [2.05, 4.69) is 15.2 Å². The number of nitrogens with zero attached hydrogens (tertiary/aromatic N) is 3. The van der Waals surface area contributed by atoms with Gasteiger partial charge in [-0.05, 0) is 13.0 Å². The minimum atomic E-state index is 0.0924. The third kappa shape index (κ3) is 1.64. The van der Waals surface area contributed by atoms with Crippen LogP contribution in [-0.4, -0.2) is 12.0 Å². The van der Waals surface area contributed by atoms with Crippen molar-refractivity contribution < 1.29 is 0 Å². The lowest BCUT2D eigenvalue weighted by Crippen LogP contribution is -2.05. The second-order valence-electron chi connectivity index (χ2n) is 1.78. The first kappa shape index (κ1) is 5.94. The molecule has 1 unspecified atom stereocenters. The Kier molecular flexibility index (Phi) is 1.58. The van der Waals surface area contributed by atoms with Crippen LogP contribution in [0.5, 0.6) is 0 Å². The van der Waals surface area contributed by atoms with Crippen LogP contribution >= 0.6 is 0 Å². The van der Waals surface area contributed by atoms with Gasteiger partial charge in [-0.3, -0.25) is 0 Å². The molecule has 9 heavy (non-hydrogen) atoms. The highest BCUT2D eigenvalue weighted by Crippen LogP contribution is 1.96. The zero-order chi connectivity index (χ0) is 6.69. The number of rotatable bonds is 0. The monoisotopic (exact) mass is 124 g/mol. The quantitative estimate of drug-likeness (QED) is 0.506. The molecule has 0 fully saturated rings. The van der Waals surface area contributed by atoms with E-state index in [4.69, 9.17) is 5.73 Å². The molecule has 1 heterocycles. The third-order valence-electron chi connectivity index (χ3n) is 0.914. The Morgan fingerprint density at radius 1 is 1.67 bits per heavy atom. The van der Waals surface area contributed by atoms with Crippen molar-refractivity contribution in [2.24, 2.45) is 21.0 Å². The normalized spacial score (nSPS) is 25.4. The van der Waals surface area contributed by atoms with Crippen LogP contribution in [-0.2, 0) is 0 Å². The van der Waals surface area contributed by atoms with Crippen LogP contribution in [0.15, 0.2) is 27.5 Å². The number of hydrogen-bond acceptors (Lipinski definition) is 4. The minimum Gasteiger partial charge on any atom is -0.367 e. The number of azo groups is 1. The molecule has 0 aromatic carbocycles. The zero-order valence-corrected chi connectivity index (χ0v) is 5.15. The van der Waals surface area contributed by atoms with Gasteiger partial charge < -0.3 is 5.73 Å². The molecule has 1 rings (SSSR count). The van der Waals surface area contributed by atoms with Gasteiger partial charge in [0, 0.05) is 6.20 Å². The van der Waals surface area contributed by atoms with Gasteiger partial charge in [0.1, 0.15) is 0 Å². The summed E-state index contributed by atoms with van der Waals surface area (Å²) in [5.41, 5.74) is 5.24. The number of nitrogens with two attached hydrogens (primary N) is 1. The van der Waals surface area contributed by atoms with E-state index >= 15 is 0 Å². The zero-order valence-electron chi connectivity index (χ0n) is 5.15. The van der Waals surface area contributed by atoms with Crippen LogP contribution in [0, 0.1) is 0 Å². The Morgan fingerprint density at radius 2 is 2.44 bits per heavy atom. The fraction of sp³-hybridized carbons (Fsp3) is 0.400. The van der Waals surface area contributed by atoms with Crippen LogP contribution in [0.3, 0.4) is 0 Å². The molecule has 0 spiro atoms. The fourth-order valence-corrected chi connectivity index (χ4v) is 0.458. The highest BCUT2D eigenvalue weighted by atomic mass is 15.2. The van der Waals surface area contributed by atoms with E-state index in [-0.39, 0.29) is 12.0 Å². The van der Waals surface area contributed by atoms with Gasteiger partial charge in [-0.1, -0.05) is 0 Å². The smallest absolute Gasteiger partial charge is 0.239 e. The van der Waals surface area contributed by atoms with E-state index < -0.39 is 0 Å². The summed E-state index contributed by atoms with van der Waals surface area (Å²) >= 11 is 0. The van der Waals surface area contributed by atoms with Gasteiger partial charge in [0.05, 0.1) is 6.04 Å². The van der Waals surface area contributed by atoms with Crippen molar-refractivity contribution in [2.75, 3.05) is 0 Å². The Morgan fingerprint density at radius 3 is 3.22 bits per heavy atom. The summed E-state index contributed by atoms with van der Waals surface area (Å²) in [6, 6.07) is 0.0924. The van der Waals surface area contributed by atoms with Crippen molar-refractivity contribution in [1.29, 1.82) is 0 Å². The molecule has 4 heteroatoms. The van der Waals surface area contributed by atoms with E-state index in [1.165, 1.54) is 0 Å². The molecule has 4 nitrogen and oxygen atoms in total. The number of aliphatic imine (C=N–C) groups is 1. The highest BCUT2D eigenvalue weighted by Gasteiger charge is 1.94. The van der Waals surface area contributed by atoms with Crippen LogP contribution in [0.2, 0.25) is 0 Å². The number of guanidine groups is 1. The van der Waals surface area contributed by atoms with Crippen LogP contribution in [0.25, 0.3) is 0 Å². The molecule has 1 aliphatic heterocycles. The second kappa shape index (κ2) is 2.39. The lowest BCUT2D eigenvalue weighted by Gasteiger charge is -1.88. The Balaban J connectivity index is 2.75. The molecule has 0 bridgehead atoms. The molecule has 0 aromatic rings. The molecule has 0 saturated heterocycles. The van der Waals surface area contributed by atoms with E-state index in [0.29, 0.717) is 0 Å². The summed E-state index contributed by atoms with van der Waals surface area (Å²) in [4.78, 5) is 3.73. The maximum Gasteiger partial charge on any atom is 0.239 e. The van der Waals surface area contributed by atoms with E-state index in [9.17, 15) is 0 Å². The molecular weight excluding hydrogens is 116 g/mol. The summed E-state index contributed by atoms with van der Waals surface area (Å²) in [6.07, 6.45) is 3.43. The molecular formula is C5H8N4. The predicted octanol–water partition coefficient (Wildman–Crippen LogP) is 0.669. The Bertz CT molecular complexity index is 179. The standard InChI is InChI=1S/C5H8N4/c1-4-2-3-7-5(6)9-8-4/h2-4H,1H3,(H2,6,7). The maximum absolute atomic E-state index is 5.24. The maximum atomic E-state index is 5.24. The Labute approximate surface area is 53.2 Å². The molecule has 48 valence electrons. The van der Waals surface area contributed by atoms with E-state index in [0.717, 1.165) is 0 Å². The van der Waals surface area contributed by atoms with Crippen molar-refractivity contribution in [3.05, 3.63) is 12.3 Å². The van der Waals surface area contributed by atoms with Gasteiger partial charge in [0.2, 0.25) is 5.96 Å². The summed E-state index contributed by atoms with van der Waals surface area (Å²) < 4.78 is 0. The van der Waals surface area contributed by atoms with Gasteiger partial charge in [-0.25, -0.2) is 4.99 Å². The predicted molar refractivity (Wildman–Crippen MR) is 35.1 cm³/mol. The van der Waals surface area contributed by atoms with Crippen molar-refractivity contribution in [3.8, 4) is 0 Å². The first-order chi connectivity index (χ1) is 4.29.